The topological polar surface area (TPSA) is 203 Å². The average molecular weight is 1770 g/mol. The Morgan fingerprint density at radius 1 is 0.368 bits per heavy atom. The van der Waals surface area contributed by atoms with E-state index in [0.717, 1.165) is 115 Å². The van der Waals surface area contributed by atoms with Gasteiger partial charge in [0.25, 0.3) is 0 Å². The van der Waals surface area contributed by atoms with Crippen LogP contribution in [0.25, 0.3) is 0 Å². The maximum atomic E-state index is 12.5. The first-order valence-electron chi connectivity index (χ1n) is 31.8. The molecule has 0 aliphatic carbocycles. The van der Waals surface area contributed by atoms with E-state index in [1.54, 1.807) is 35.3 Å². The Morgan fingerprint density at radius 2 is 0.588 bits per heavy atom. The first-order valence-corrected chi connectivity index (χ1v) is 37.2. The fourth-order valence-electron chi connectivity index (χ4n) is 7.66. The molecule has 0 aliphatic heterocycles. The van der Waals surface area contributed by atoms with Crippen LogP contribution in [0, 0.1) is 6.92 Å². The molecule has 0 amide bonds. The Bertz CT molecular complexity index is 4170. The summed E-state index contributed by atoms with van der Waals surface area (Å²) in [6.07, 6.45) is -13.5. The molecule has 0 bridgehead atoms. The predicted molar refractivity (Wildman–Crippen MR) is 415 cm³/mol. The average Bonchev–Trinajstić information content (AvgIpc) is 0.864. The fraction of sp³-hybridized carbons (Fsp3) is 0.241. The van der Waals surface area contributed by atoms with Crippen molar-refractivity contribution in [2.75, 3.05) is 49.6 Å². The second-order valence-corrected chi connectivity index (χ2v) is 27.3. The Balaban J connectivity index is -0.00000132. The summed E-state index contributed by atoms with van der Waals surface area (Å²) in [5, 5.41) is 2.85. The number of halogens is 17. The molecule has 8 aromatic carbocycles. The first kappa shape index (κ1) is 110. The van der Waals surface area contributed by atoms with Crippen LogP contribution in [-0.4, -0.2) is 79.6 Å². The van der Waals surface area contributed by atoms with Crippen LogP contribution >= 0.6 is 106 Å². The van der Waals surface area contributed by atoms with Crippen molar-refractivity contribution in [1.82, 2.24) is 0 Å². The van der Waals surface area contributed by atoms with Gasteiger partial charge >= 0.3 is 68.2 Å². The minimum Gasteiger partial charge on any atom is -0.870 e. The molecule has 0 saturated carbocycles. The van der Waals surface area contributed by atoms with Crippen LogP contribution in [0.3, 0.4) is 0 Å². The molecule has 0 unspecified atom stereocenters. The Labute approximate surface area is 706 Å². The molecular weight excluding hydrogens is 1700 g/mol. The van der Waals surface area contributed by atoms with Crippen molar-refractivity contribution in [1.29, 1.82) is 0 Å². The summed E-state index contributed by atoms with van der Waals surface area (Å²) in [6.45, 7) is 24.5. The summed E-state index contributed by atoms with van der Waals surface area (Å²) in [5.41, 5.74) is 5.04. The zero-order chi connectivity index (χ0) is 85.2. The molecule has 13 nitrogen and oxygen atoms in total. The van der Waals surface area contributed by atoms with Gasteiger partial charge in [-0.2, -0.15) is 91.0 Å². The number of alkyl halides is 13. The van der Waals surface area contributed by atoms with Crippen molar-refractivity contribution in [3.63, 3.8) is 0 Å². The van der Waals surface area contributed by atoms with Gasteiger partial charge in [0.15, 0.2) is 0 Å². The molecule has 1 N–H and O–H groups in total. The first-order chi connectivity index (χ1) is 52.7. The molecule has 8 aromatic rings. The minimum atomic E-state index is -4.34. The summed E-state index contributed by atoms with van der Waals surface area (Å²) in [7, 11) is 0. The molecule has 0 heterocycles. The van der Waals surface area contributed by atoms with E-state index in [1.165, 1.54) is 65.2 Å². The fourth-order valence-corrected chi connectivity index (χ4v) is 11.6. The Hall–Kier alpha value is -7.99. The van der Waals surface area contributed by atoms with E-state index in [9.17, 15) is 52.7 Å². The van der Waals surface area contributed by atoms with Gasteiger partial charge in [0.1, 0.15) is 49.4 Å². The SMILES string of the molecule is C=C(CCl)COc1ccc(C(F)(F)F)cc1.C=C(COc1ccc(C(F)(F)F)cc1)CSc1ccc(C)cc1Cl.C=C(COc1ccc(C(F)(F)F)cc1)CSc1ccc(CC)cc1Cl.C=C(COc1ccc(C(F)(F)F)cc1)CSc1ccc(CC)cc1Cl.CCc1ccc(S)c(Cl)c1.O=C=O.O=C=O.O=C=O.O=C=O.[Li+].[OH-]. The van der Waals surface area contributed by atoms with Gasteiger partial charge in [0.05, 0.1) is 42.3 Å². The van der Waals surface area contributed by atoms with Gasteiger partial charge in [-0.05, 0) is 216 Å². The summed E-state index contributed by atoms with van der Waals surface area (Å²) in [4.78, 5) is 68.7. The summed E-state index contributed by atoms with van der Waals surface area (Å²) >= 11 is 38.7. The normalized spacial score (nSPS) is 10.1. The van der Waals surface area contributed by atoms with Crippen molar-refractivity contribution in [3.8, 4) is 23.0 Å². The second kappa shape index (κ2) is 59.6. The van der Waals surface area contributed by atoms with Crippen LogP contribution in [0.1, 0.15) is 65.3 Å². The summed E-state index contributed by atoms with van der Waals surface area (Å²) < 4.78 is 171. The van der Waals surface area contributed by atoms with E-state index < -0.39 is 47.0 Å². The zero-order valence-electron chi connectivity index (χ0n) is 61.2. The molecule has 0 saturated heterocycles. The van der Waals surface area contributed by atoms with Crippen LogP contribution in [0.2, 0.25) is 20.1 Å². The molecular formula is C79H72Cl5F12LiO13S4. The third kappa shape index (κ3) is 48.4. The molecule has 0 aromatic heterocycles. The zero-order valence-corrected chi connectivity index (χ0v) is 68.3. The third-order valence-corrected chi connectivity index (χ3v) is 19.4. The number of benzene rings is 8. The van der Waals surface area contributed by atoms with E-state index in [1.807, 2.05) is 79.7 Å². The predicted octanol–water partition coefficient (Wildman–Crippen LogP) is 21.3. The molecule has 0 fully saturated rings. The largest absolute Gasteiger partial charge is 1.00 e. The monoisotopic (exact) mass is 1770 g/mol. The van der Waals surface area contributed by atoms with Crippen LogP contribution in [0.4, 0.5) is 52.7 Å². The van der Waals surface area contributed by atoms with Crippen molar-refractivity contribution >= 4 is 131 Å². The van der Waals surface area contributed by atoms with Gasteiger partial charge in [0, 0.05) is 42.7 Å². The molecule has 0 aliphatic rings. The van der Waals surface area contributed by atoms with E-state index in [2.05, 4.69) is 59.7 Å². The number of carbonyl (C=O) groups excluding carboxylic acids is 8. The molecule has 35 heteroatoms. The molecule has 610 valence electrons. The number of ether oxygens (including phenoxy) is 4. The van der Waals surface area contributed by atoms with Gasteiger partial charge in [0.2, 0.25) is 0 Å². The van der Waals surface area contributed by atoms with Gasteiger partial charge in [-0.1, -0.05) is 118 Å². The molecule has 8 rings (SSSR count). The molecule has 0 spiro atoms. The van der Waals surface area contributed by atoms with E-state index in [0.29, 0.717) is 60.9 Å². The number of aryl methyl sites for hydroxylation is 4. The summed E-state index contributed by atoms with van der Waals surface area (Å²) in [5.74, 6) is 3.61. The second-order valence-electron chi connectivity index (χ2n) is 21.9. The van der Waals surface area contributed by atoms with Gasteiger partial charge in [-0.15, -0.1) is 59.5 Å². The smallest absolute Gasteiger partial charge is 0.870 e. The maximum absolute atomic E-state index is 12.5. The van der Waals surface area contributed by atoms with Crippen LogP contribution in [-0.2, 0) is 82.3 Å². The Kier molecular flexibility index (Phi) is 57.6. The van der Waals surface area contributed by atoms with Crippen molar-refractivity contribution in [2.45, 2.75) is 91.2 Å². The van der Waals surface area contributed by atoms with E-state index >= 15 is 0 Å². The van der Waals surface area contributed by atoms with Crippen molar-refractivity contribution < 1.29 is 134 Å². The van der Waals surface area contributed by atoms with Crippen molar-refractivity contribution in [2.24, 2.45) is 0 Å². The molecule has 114 heavy (non-hydrogen) atoms. The summed E-state index contributed by atoms with van der Waals surface area (Å²) in [6, 6.07) is 42.0. The molecule has 0 atom stereocenters. The van der Waals surface area contributed by atoms with Gasteiger partial charge in [-0.3, -0.25) is 0 Å². The van der Waals surface area contributed by atoms with E-state index in [4.69, 9.17) is 115 Å². The third-order valence-electron chi connectivity index (χ3n) is 13.3. The number of thiol groups is 1. The number of hydrogen-bond acceptors (Lipinski definition) is 17. The number of thioether (sulfide) groups is 3. The Morgan fingerprint density at radius 3 is 0.798 bits per heavy atom. The van der Waals surface area contributed by atoms with Gasteiger partial charge in [-0.25, -0.2) is 0 Å². The van der Waals surface area contributed by atoms with Gasteiger partial charge < -0.3 is 24.4 Å². The van der Waals surface area contributed by atoms with Crippen molar-refractivity contribution in [3.05, 3.63) is 283 Å². The molecule has 0 radical (unpaired) electrons. The van der Waals surface area contributed by atoms with E-state index in [-0.39, 0.29) is 81.3 Å². The van der Waals surface area contributed by atoms with Crippen LogP contribution < -0.4 is 37.8 Å². The minimum absolute atomic E-state index is 0. The quantitative estimate of drug-likeness (QED) is 0.0141. The standard InChI is InChI=1S/2C19H18ClF3OS.C18H16ClF3OS.C11H10ClF3O.C8H9ClS.4CO2.Li.H2O/c2*1-3-14-4-9-18(17(20)10-14)25-12-13(2)11-24-16-7-5-15(6-8-16)19(21,22)23;1-12-3-8-17(16(19)9-12)24-11-13(2)10-23-15-6-4-14(5-7-15)18(20,21)22;1-8(6-12)7-16-10-4-2-9(3-5-10)11(13,14)15;1-2-6-3-4-8(10)7(9)5-6;4*2-1-3;;/h2*4-10H,2-3,11-12H2,1H3;3-9H,2,10-11H2,1H3;2-5H,1,6-7H2;3-5,10H,2H2,1H3;;;;;;1H2/q;;;;;;;;;+1;/p-1. The number of hydrogen-bond donors (Lipinski definition) is 1. The maximum Gasteiger partial charge on any atom is 1.00 e. The van der Waals surface area contributed by atoms with Crippen LogP contribution in [0.15, 0.2) is 238 Å². The number of rotatable bonds is 25. The van der Waals surface area contributed by atoms with Crippen LogP contribution in [0.5, 0.6) is 23.0 Å².